The fourth-order valence-corrected chi connectivity index (χ4v) is 2.39. The minimum Gasteiger partial charge on any atom is -0.497 e. The maximum Gasteiger partial charge on any atom is 0.341 e. The lowest BCUT2D eigenvalue weighted by Crippen LogP contribution is -2.07. The molecular weight excluding hydrogens is 304 g/mol. The van der Waals surface area contributed by atoms with Gasteiger partial charge in [-0.25, -0.2) is 9.48 Å². The highest BCUT2D eigenvalue weighted by Gasteiger charge is 2.16. The lowest BCUT2D eigenvalue weighted by Gasteiger charge is -2.07. The monoisotopic (exact) mass is 322 g/mol. The van der Waals surface area contributed by atoms with Crippen molar-refractivity contribution in [2.45, 2.75) is 13.5 Å². The van der Waals surface area contributed by atoms with E-state index in [1.165, 1.54) is 6.20 Å². The zero-order valence-electron chi connectivity index (χ0n) is 13.6. The molecule has 0 saturated heterocycles. The molecule has 24 heavy (non-hydrogen) atoms. The molecule has 0 aliphatic heterocycles. The van der Waals surface area contributed by atoms with Crippen LogP contribution in [0.5, 0.6) is 5.75 Å². The van der Waals surface area contributed by atoms with E-state index in [-0.39, 0.29) is 12.6 Å². The summed E-state index contributed by atoms with van der Waals surface area (Å²) in [6.45, 7) is 2.09. The van der Waals surface area contributed by atoms with E-state index in [1.54, 1.807) is 11.8 Å². The molecule has 0 unspecified atom stereocenters. The van der Waals surface area contributed by atoms with E-state index in [0.717, 1.165) is 22.7 Å². The van der Waals surface area contributed by atoms with E-state index in [0.29, 0.717) is 5.56 Å². The molecule has 0 radical (unpaired) electrons. The van der Waals surface area contributed by atoms with Gasteiger partial charge in [-0.1, -0.05) is 30.3 Å². The van der Waals surface area contributed by atoms with Crippen molar-refractivity contribution in [3.63, 3.8) is 0 Å². The summed E-state index contributed by atoms with van der Waals surface area (Å²) in [4.78, 5) is 12.3. The van der Waals surface area contributed by atoms with Gasteiger partial charge in [-0.05, 0) is 36.8 Å². The zero-order chi connectivity index (χ0) is 16.9. The first-order chi connectivity index (χ1) is 11.7. The molecule has 0 saturated carbocycles. The van der Waals surface area contributed by atoms with Crippen LogP contribution < -0.4 is 4.74 Å². The van der Waals surface area contributed by atoms with Gasteiger partial charge in [0.25, 0.3) is 0 Å². The Kier molecular flexibility index (Phi) is 4.61. The second kappa shape index (κ2) is 7.00. The second-order valence-corrected chi connectivity index (χ2v) is 5.32. The third kappa shape index (κ3) is 3.30. The summed E-state index contributed by atoms with van der Waals surface area (Å²) in [6, 6.07) is 17.1. The SMILES string of the molecule is COc1ccc(-n2ncc(C(=O)OCc3ccccc3)c2C)cc1. The fraction of sp³-hybridized carbons (Fsp3) is 0.158. The summed E-state index contributed by atoms with van der Waals surface area (Å²) < 4.78 is 12.2. The number of hydrogen-bond donors (Lipinski definition) is 0. The van der Waals surface area contributed by atoms with Crippen LogP contribution in [-0.4, -0.2) is 22.9 Å². The molecule has 5 nitrogen and oxygen atoms in total. The van der Waals surface area contributed by atoms with Gasteiger partial charge in [0.2, 0.25) is 0 Å². The molecule has 5 heteroatoms. The Hall–Kier alpha value is -3.08. The Labute approximate surface area is 140 Å². The van der Waals surface area contributed by atoms with Gasteiger partial charge in [0.15, 0.2) is 0 Å². The summed E-state index contributed by atoms with van der Waals surface area (Å²) in [7, 11) is 1.62. The number of carbonyl (C=O) groups excluding carboxylic acids is 1. The standard InChI is InChI=1S/C19H18N2O3/c1-14-18(19(22)24-13-15-6-4-3-5-7-15)12-20-21(14)16-8-10-17(23-2)11-9-16/h3-12H,13H2,1-2H3. The molecular formula is C19H18N2O3. The maximum atomic E-state index is 12.3. The summed E-state index contributed by atoms with van der Waals surface area (Å²) >= 11 is 0. The number of methoxy groups -OCH3 is 1. The van der Waals surface area contributed by atoms with Gasteiger partial charge < -0.3 is 9.47 Å². The van der Waals surface area contributed by atoms with E-state index in [2.05, 4.69) is 5.10 Å². The first kappa shape index (κ1) is 15.8. The summed E-state index contributed by atoms with van der Waals surface area (Å²) in [5, 5.41) is 4.29. The Morgan fingerprint density at radius 2 is 1.79 bits per heavy atom. The molecule has 0 aliphatic carbocycles. The Morgan fingerprint density at radius 1 is 1.08 bits per heavy atom. The smallest absolute Gasteiger partial charge is 0.341 e. The average Bonchev–Trinajstić information content (AvgIpc) is 3.02. The van der Waals surface area contributed by atoms with Gasteiger partial charge in [0, 0.05) is 0 Å². The van der Waals surface area contributed by atoms with E-state index >= 15 is 0 Å². The van der Waals surface area contributed by atoms with E-state index in [9.17, 15) is 4.79 Å². The number of nitrogens with zero attached hydrogens (tertiary/aromatic N) is 2. The zero-order valence-corrected chi connectivity index (χ0v) is 13.6. The highest BCUT2D eigenvalue weighted by atomic mass is 16.5. The van der Waals surface area contributed by atoms with Gasteiger partial charge >= 0.3 is 5.97 Å². The van der Waals surface area contributed by atoms with Crippen LogP contribution in [-0.2, 0) is 11.3 Å². The van der Waals surface area contributed by atoms with Crippen molar-refractivity contribution in [2.75, 3.05) is 7.11 Å². The maximum absolute atomic E-state index is 12.3. The molecule has 3 aromatic rings. The van der Waals surface area contributed by atoms with Crippen molar-refractivity contribution >= 4 is 5.97 Å². The van der Waals surface area contributed by atoms with Crippen LogP contribution in [0.15, 0.2) is 60.8 Å². The van der Waals surface area contributed by atoms with Crippen LogP contribution in [0.4, 0.5) is 0 Å². The third-order valence-corrected chi connectivity index (χ3v) is 3.76. The Morgan fingerprint density at radius 3 is 2.46 bits per heavy atom. The van der Waals surface area contributed by atoms with E-state index < -0.39 is 0 Å². The minimum atomic E-state index is -0.379. The number of esters is 1. The van der Waals surface area contributed by atoms with Gasteiger partial charge in [-0.3, -0.25) is 0 Å². The minimum absolute atomic E-state index is 0.243. The number of rotatable bonds is 5. The Balaban J connectivity index is 1.75. The molecule has 122 valence electrons. The van der Waals surface area contributed by atoms with Crippen molar-refractivity contribution in [1.29, 1.82) is 0 Å². The normalized spacial score (nSPS) is 10.4. The number of hydrogen-bond acceptors (Lipinski definition) is 4. The van der Waals surface area contributed by atoms with Crippen molar-refractivity contribution < 1.29 is 14.3 Å². The molecule has 3 rings (SSSR count). The molecule has 0 aliphatic rings. The molecule has 0 fully saturated rings. The van der Waals surface area contributed by atoms with Crippen LogP contribution >= 0.6 is 0 Å². The van der Waals surface area contributed by atoms with E-state index in [4.69, 9.17) is 9.47 Å². The van der Waals surface area contributed by atoms with E-state index in [1.807, 2.05) is 61.5 Å². The topological polar surface area (TPSA) is 53.4 Å². The summed E-state index contributed by atoms with van der Waals surface area (Å²) in [5.41, 5.74) is 3.00. The molecule has 0 N–H and O–H groups in total. The predicted octanol–water partition coefficient (Wildman–Crippen LogP) is 3.55. The van der Waals surface area contributed by atoms with Crippen molar-refractivity contribution in [3.05, 3.63) is 77.6 Å². The van der Waals surface area contributed by atoms with Crippen molar-refractivity contribution in [2.24, 2.45) is 0 Å². The number of ether oxygens (including phenoxy) is 2. The molecule has 0 amide bonds. The van der Waals surface area contributed by atoms with Crippen LogP contribution in [0.25, 0.3) is 5.69 Å². The van der Waals surface area contributed by atoms with Gasteiger partial charge in [-0.2, -0.15) is 5.10 Å². The van der Waals surface area contributed by atoms with Gasteiger partial charge in [0.1, 0.15) is 17.9 Å². The van der Waals surface area contributed by atoms with Crippen molar-refractivity contribution in [1.82, 2.24) is 9.78 Å². The number of carbonyl (C=O) groups is 1. The lowest BCUT2D eigenvalue weighted by atomic mass is 10.2. The van der Waals surface area contributed by atoms with Crippen LogP contribution in [0.1, 0.15) is 21.6 Å². The third-order valence-electron chi connectivity index (χ3n) is 3.76. The highest BCUT2D eigenvalue weighted by Crippen LogP contribution is 2.18. The Bertz CT molecular complexity index is 824. The molecule has 0 atom stereocenters. The number of benzene rings is 2. The van der Waals surface area contributed by atoms with Gasteiger partial charge in [-0.15, -0.1) is 0 Å². The quantitative estimate of drug-likeness (QED) is 0.674. The first-order valence-electron chi connectivity index (χ1n) is 7.59. The van der Waals surface area contributed by atoms with Crippen LogP contribution in [0.2, 0.25) is 0 Å². The summed E-state index contributed by atoms with van der Waals surface area (Å²) in [5.74, 6) is 0.391. The molecule has 0 spiro atoms. The van der Waals surface area contributed by atoms with Crippen LogP contribution in [0.3, 0.4) is 0 Å². The fourth-order valence-electron chi connectivity index (χ4n) is 2.39. The van der Waals surface area contributed by atoms with Gasteiger partial charge in [0.05, 0.1) is 24.7 Å². The highest BCUT2D eigenvalue weighted by molar-refractivity contribution is 5.90. The molecule has 2 aromatic carbocycles. The summed E-state index contributed by atoms with van der Waals surface area (Å²) in [6.07, 6.45) is 1.53. The van der Waals surface area contributed by atoms with Crippen LogP contribution in [0, 0.1) is 6.92 Å². The average molecular weight is 322 g/mol. The molecule has 1 aromatic heterocycles. The largest absolute Gasteiger partial charge is 0.497 e. The molecule has 0 bridgehead atoms. The number of aromatic nitrogens is 2. The lowest BCUT2D eigenvalue weighted by molar-refractivity contribution is 0.0472. The molecule has 1 heterocycles. The predicted molar refractivity (Wildman–Crippen MR) is 90.4 cm³/mol. The second-order valence-electron chi connectivity index (χ2n) is 5.32. The van der Waals surface area contributed by atoms with Crippen molar-refractivity contribution in [3.8, 4) is 11.4 Å². The first-order valence-corrected chi connectivity index (χ1v) is 7.59.